The predicted octanol–water partition coefficient (Wildman–Crippen LogP) is 0.449. The molecule has 1 N–H and O–H groups in total. The van der Waals surface area contributed by atoms with Crippen molar-refractivity contribution in [1.82, 2.24) is 14.2 Å². The van der Waals surface area contributed by atoms with Gasteiger partial charge < -0.3 is 10.2 Å². The minimum Gasteiger partial charge on any atom is -0.372 e. The summed E-state index contributed by atoms with van der Waals surface area (Å²) in [6.45, 7) is 5.69. The summed E-state index contributed by atoms with van der Waals surface area (Å²) in [4.78, 5) is 6.56. The van der Waals surface area contributed by atoms with Crippen LogP contribution in [-0.4, -0.2) is 62.4 Å². The van der Waals surface area contributed by atoms with Gasteiger partial charge in [0.2, 0.25) is 10.0 Å². The standard InChI is InChI=1S/C12H20N4O2S/c1-3-15-7-9-16(10-8-15)19(17,18)11-5-4-6-14-12(11)13-2/h4-6H,3,7-10H2,1-2H3,(H,13,14). The zero-order valence-electron chi connectivity index (χ0n) is 11.3. The van der Waals surface area contributed by atoms with Crippen LogP contribution in [0, 0.1) is 0 Å². The molecule has 7 heteroatoms. The molecule has 1 fully saturated rings. The van der Waals surface area contributed by atoms with Gasteiger partial charge in [0.1, 0.15) is 10.7 Å². The average molecular weight is 284 g/mol. The second kappa shape index (κ2) is 5.85. The first-order chi connectivity index (χ1) is 9.09. The monoisotopic (exact) mass is 284 g/mol. The topological polar surface area (TPSA) is 65.5 Å². The van der Waals surface area contributed by atoms with E-state index in [4.69, 9.17) is 0 Å². The Bertz CT molecular complexity index is 524. The molecule has 1 aliphatic heterocycles. The number of hydrogen-bond donors (Lipinski definition) is 1. The molecule has 106 valence electrons. The van der Waals surface area contributed by atoms with E-state index in [1.54, 1.807) is 25.4 Å². The van der Waals surface area contributed by atoms with E-state index in [-0.39, 0.29) is 4.90 Å². The van der Waals surface area contributed by atoms with Gasteiger partial charge >= 0.3 is 0 Å². The molecule has 2 rings (SSSR count). The van der Waals surface area contributed by atoms with Crippen molar-refractivity contribution in [2.24, 2.45) is 0 Å². The number of rotatable bonds is 4. The molecule has 0 atom stereocenters. The molecule has 1 aliphatic rings. The number of pyridine rings is 1. The van der Waals surface area contributed by atoms with Crippen molar-refractivity contribution in [2.75, 3.05) is 45.1 Å². The van der Waals surface area contributed by atoms with E-state index in [9.17, 15) is 8.42 Å². The Balaban J connectivity index is 2.23. The number of nitrogens with zero attached hydrogens (tertiary/aromatic N) is 3. The van der Waals surface area contributed by atoms with Gasteiger partial charge in [-0.25, -0.2) is 13.4 Å². The quantitative estimate of drug-likeness (QED) is 0.869. The molecule has 1 aromatic heterocycles. The highest BCUT2D eigenvalue weighted by Crippen LogP contribution is 2.22. The van der Waals surface area contributed by atoms with Crippen molar-refractivity contribution in [3.63, 3.8) is 0 Å². The van der Waals surface area contributed by atoms with Gasteiger partial charge in [-0.3, -0.25) is 0 Å². The van der Waals surface area contributed by atoms with Gasteiger partial charge in [-0.05, 0) is 18.7 Å². The summed E-state index contributed by atoms with van der Waals surface area (Å²) < 4.78 is 26.7. The number of likely N-dealkylation sites (N-methyl/N-ethyl adjacent to an activating group) is 1. The van der Waals surface area contributed by atoms with E-state index in [2.05, 4.69) is 22.1 Å². The predicted molar refractivity (Wildman–Crippen MR) is 74.7 cm³/mol. The van der Waals surface area contributed by atoms with Gasteiger partial charge in [0.05, 0.1) is 0 Å². The molecule has 0 amide bonds. The molecule has 2 heterocycles. The second-order valence-electron chi connectivity index (χ2n) is 4.44. The Morgan fingerprint density at radius 3 is 2.58 bits per heavy atom. The summed E-state index contributed by atoms with van der Waals surface area (Å²) in [7, 11) is -1.78. The van der Waals surface area contributed by atoms with E-state index >= 15 is 0 Å². The molecule has 0 saturated carbocycles. The number of nitrogens with one attached hydrogen (secondary N) is 1. The molecule has 0 aromatic carbocycles. The van der Waals surface area contributed by atoms with Crippen LogP contribution in [0.1, 0.15) is 6.92 Å². The third-order valence-electron chi connectivity index (χ3n) is 3.40. The highest BCUT2D eigenvalue weighted by Gasteiger charge is 2.30. The van der Waals surface area contributed by atoms with Gasteiger partial charge in [0.25, 0.3) is 0 Å². The lowest BCUT2D eigenvalue weighted by Gasteiger charge is -2.33. The number of sulfonamides is 1. The van der Waals surface area contributed by atoms with Gasteiger partial charge in [0.15, 0.2) is 0 Å². The van der Waals surface area contributed by atoms with Gasteiger partial charge in [-0.15, -0.1) is 0 Å². The highest BCUT2D eigenvalue weighted by molar-refractivity contribution is 7.89. The normalized spacial score (nSPS) is 18.4. The fourth-order valence-corrected chi connectivity index (χ4v) is 3.78. The summed E-state index contributed by atoms with van der Waals surface area (Å²) in [5.74, 6) is 0.403. The Morgan fingerprint density at radius 1 is 1.32 bits per heavy atom. The van der Waals surface area contributed by atoms with Crippen molar-refractivity contribution >= 4 is 15.8 Å². The first-order valence-corrected chi connectivity index (χ1v) is 7.89. The minimum absolute atomic E-state index is 0.252. The second-order valence-corrected chi connectivity index (χ2v) is 6.34. The molecule has 0 spiro atoms. The number of aromatic nitrogens is 1. The van der Waals surface area contributed by atoms with Crippen LogP contribution in [0.4, 0.5) is 5.82 Å². The van der Waals surface area contributed by atoms with Crippen molar-refractivity contribution < 1.29 is 8.42 Å². The van der Waals surface area contributed by atoms with Crippen molar-refractivity contribution in [2.45, 2.75) is 11.8 Å². The Labute approximate surface area is 114 Å². The van der Waals surface area contributed by atoms with Crippen molar-refractivity contribution in [3.05, 3.63) is 18.3 Å². The van der Waals surface area contributed by atoms with Gasteiger partial charge in [-0.2, -0.15) is 4.31 Å². The number of anilines is 1. The molecular formula is C12H20N4O2S. The minimum atomic E-state index is -3.45. The molecule has 0 radical (unpaired) electrons. The third kappa shape index (κ3) is 2.88. The SMILES string of the molecule is CCN1CCN(S(=O)(=O)c2cccnc2NC)CC1. The fourth-order valence-electron chi connectivity index (χ4n) is 2.21. The summed E-state index contributed by atoms with van der Waals surface area (Å²) in [5.41, 5.74) is 0. The number of piperazine rings is 1. The Kier molecular flexibility index (Phi) is 4.38. The molecule has 6 nitrogen and oxygen atoms in total. The van der Waals surface area contributed by atoms with Gasteiger partial charge in [-0.1, -0.05) is 6.92 Å². The molecule has 0 bridgehead atoms. The fraction of sp³-hybridized carbons (Fsp3) is 0.583. The van der Waals surface area contributed by atoms with Crippen LogP contribution >= 0.6 is 0 Å². The van der Waals surface area contributed by atoms with Crippen molar-refractivity contribution in [3.8, 4) is 0 Å². The largest absolute Gasteiger partial charge is 0.372 e. The number of hydrogen-bond acceptors (Lipinski definition) is 5. The van der Waals surface area contributed by atoms with Crippen LogP contribution in [0.25, 0.3) is 0 Å². The van der Waals surface area contributed by atoms with Crippen LogP contribution in [0.3, 0.4) is 0 Å². The smallest absolute Gasteiger partial charge is 0.246 e. The van der Waals surface area contributed by atoms with Crippen LogP contribution in [0.2, 0.25) is 0 Å². The maximum Gasteiger partial charge on any atom is 0.246 e. The maximum absolute atomic E-state index is 12.6. The summed E-state index contributed by atoms with van der Waals surface area (Å²) >= 11 is 0. The van der Waals surface area contributed by atoms with E-state index in [0.29, 0.717) is 18.9 Å². The van der Waals surface area contributed by atoms with Crippen LogP contribution in [0.15, 0.2) is 23.2 Å². The van der Waals surface area contributed by atoms with E-state index < -0.39 is 10.0 Å². The van der Waals surface area contributed by atoms with Crippen LogP contribution in [0.5, 0.6) is 0 Å². The zero-order chi connectivity index (χ0) is 13.9. The summed E-state index contributed by atoms with van der Waals surface area (Å²) in [5, 5.41) is 2.83. The average Bonchev–Trinajstić information content (AvgIpc) is 2.47. The lowest BCUT2D eigenvalue weighted by atomic mass is 10.4. The van der Waals surface area contributed by atoms with E-state index in [1.807, 2.05) is 0 Å². The van der Waals surface area contributed by atoms with E-state index in [1.165, 1.54) is 4.31 Å². The molecular weight excluding hydrogens is 264 g/mol. The molecule has 0 aliphatic carbocycles. The van der Waals surface area contributed by atoms with Crippen LogP contribution in [-0.2, 0) is 10.0 Å². The maximum atomic E-state index is 12.6. The molecule has 1 saturated heterocycles. The van der Waals surface area contributed by atoms with Crippen molar-refractivity contribution in [1.29, 1.82) is 0 Å². The lowest BCUT2D eigenvalue weighted by Crippen LogP contribution is -2.48. The first kappa shape index (κ1) is 14.2. The molecule has 0 unspecified atom stereocenters. The molecule has 1 aromatic rings. The van der Waals surface area contributed by atoms with Crippen LogP contribution < -0.4 is 5.32 Å². The molecule has 19 heavy (non-hydrogen) atoms. The summed E-state index contributed by atoms with van der Waals surface area (Å²) in [6, 6.07) is 3.25. The van der Waals surface area contributed by atoms with E-state index in [0.717, 1.165) is 19.6 Å². The first-order valence-electron chi connectivity index (χ1n) is 6.45. The third-order valence-corrected chi connectivity index (χ3v) is 5.33. The zero-order valence-corrected chi connectivity index (χ0v) is 12.2. The van der Waals surface area contributed by atoms with Gasteiger partial charge in [0, 0.05) is 39.4 Å². The Hall–Kier alpha value is -1.18. The Morgan fingerprint density at radius 2 is 2.00 bits per heavy atom. The highest BCUT2D eigenvalue weighted by atomic mass is 32.2. The lowest BCUT2D eigenvalue weighted by molar-refractivity contribution is 0.196. The summed E-state index contributed by atoms with van der Waals surface area (Å²) in [6.07, 6.45) is 1.58.